The topological polar surface area (TPSA) is 107 Å². The lowest BCUT2D eigenvalue weighted by Gasteiger charge is -2.13. The van der Waals surface area contributed by atoms with Crippen LogP contribution in [-0.2, 0) is 4.79 Å². The van der Waals surface area contributed by atoms with Crippen LogP contribution >= 0.6 is 11.6 Å². The number of hydrogen-bond acceptors (Lipinski definition) is 4. The summed E-state index contributed by atoms with van der Waals surface area (Å²) in [6, 6.07) is 17.9. The molecule has 0 fully saturated rings. The molecule has 28 heavy (non-hydrogen) atoms. The van der Waals surface area contributed by atoms with Crippen LogP contribution in [0.5, 0.6) is 5.75 Å². The highest BCUT2D eigenvalue weighted by atomic mass is 35.5. The van der Waals surface area contributed by atoms with Crippen molar-refractivity contribution in [3.05, 3.63) is 71.2 Å². The van der Waals surface area contributed by atoms with Crippen LogP contribution in [0.15, 0.2) is 60.7 Å². The first-order valence-corrected chi connectivity index (χ1v) is 9.02. The number of benzene rings is 3. The van der Waals surface area contributed by atoms with E-state index in [4.69, 9.17) is 27.9 Å². The fourth-order valence-corrected chi connectivity index (χ4v) is 3.27. The van der Waals surface area contributed by atoms with E-state index in [1.807, 2.05) is 36.4 Å². The van der Waals surface area contributed by atoms with Crippen molar-refractivity contribution in [1.82, 2.24) is 0 Å². The fraction of sp³-hybridized carbons (Fsp3) is 0.0909. The van der Waals surface area contributed by atoms with Crippen LogP contribution in [-0.4, -0.2) is 21.9 Å². The highest BCUT2D eigenvalue weighted by molar-refractivity contribution is 6.34. The molecule has 0 aliphatic heterocycles. The standard InChI is InChI=1S/C22H19ClN2O3/c23-18-12-20(25)17(19(24)9-10-22(27)28)11-16(18)14-7-5-13(6-8-14)15-3-1-2-4-21(15)26/h1-8,11-12,24,26H,9-10,25H2,(H,27,28). The third-order valence-electron chi connectivity index (χ3n) is 4.46. The van der Waals surface area contributed by atoms with Gasteiger partial charge in [-0.2, -0.15) is 0 Å². The van der Waals surface area contributed by atoms with Gasteiger partial charge >= 0.3 is 5.97 Å². The SMILES string of the molecule is N=C(CCC(=O)O)c1cc(-c2ccc(-c3ccccc3O)cc2)c(Cl)cc1N. The van der Waals surface area contributed by atoms with Crippen LogP contribution in [0.3, 0.4) is 0 Å². The third kappa shape index (κ3) is 4.15. The minimum absolute atomic E-state index is 0.0901. The molecule has 0 spiro atoms. The molecule has 6 heteroatoms. The molecule has 0 saturated carbocycles. The summed E-state index contributed by atoms with van der Waals surface area (Å²) in [5, 5.41) is 27.4. The summed E-state index contributed by atoms with van der Waals surface area (Å²) in [5.74, 6) is -0.757. The molecular weight excluding hydrogens is 376 g/mol. The molecule has 3 rings (SSSR count). The van der Waals surface area contributed by atoms with Gasteiger partial charge in [0.2, 0.25) is 0 Å². The number of halogens is 1. The van der Waals surface area contributed by atoms with Crippen LogP contribution in [0, 0.1) is 5.41 Å². The average molecular weight is 395 g/mol. The van der Waals surface area contributed by atoms with E-state index < -0.39 is 5.97 Å². The van der Waals surface area contributed by atoms with E-state index in [1.165, 1.54) is 0 Å². The summed E-state index contributed by atoms with van der Waals surface area (Å²) in [4.78, 5) is 10.8. The number of nitrogen functional groups attached to an aromatic ring is 1. The van der Waals surface area contributed by atoms with Crippen molar-refractivity contribution in [2.45, 2.75) is 12.8 Å². The van der Waals surface area contributed by atoms with Gasteiger partial charge in [0, 0.05) is 34.5 Å². The van der Waals surface area contributed by atoms with Gasteiger partial charge in [-0.15, -0.1) is 0 Å². The molecule has 0 saturated heterocycles. The smallest absolute Gasteiger partial charge is 0.303 e. The van der Waals surface area contributed by atoms with Crippen LogP contribution < -0.4 is 5.73 Å². The Morgan fingerprint density at radius 3 is 2.18 bits per heavy atom. The number of rotatable bonds is 6. The van der Waals surface area contributed by atoms with E-state index in [1.54, 1.807) is 24.3 Å². The predicted molar refractivity (Wildman–Crippen MR) is 112 cm³/mol. The lowest BCUT2D eigenvalue weighted by Crippen LogP contribution is -2.07. The van der Waals surface area contributed by atoms with E-state index in [0.29, 0.717) is 21.8 Å². The molecule has 0 aliphatic carbocycles. The number of para-hydroxylation sites is 1. The Kier molecular flexibility index (Phi) is 5.66. The zero-order valence-corrected chi connectivity index (χ0v) is 15.7. The number of phenolic OH excluding ortho intramolecular Hbond substituents is 1. The number of nitrogens with one attached hydrogen (secondary N) is 1. The quantitative estimate of drug-likeness (QED) is 0.340. The summed E-state index contributed by atoms with van der Waals surface area (Å²) < 4.78 is 0. The van der Waals surface area contributed by atoms with Crippen LogP contribution in [0.1, 0.15) is 18.4 Å². The first-order valence-electron chi connectivity index (χ1n) is 8.64. The zero-order valence-electron chi connectivity index (χ0n) is 14.9. The second-order valence-electron chi connectivity index (χ2n) is 6.39. The zero-order chi connectivity index (χ0) is 20.3. The monoisotopic (exact) mass is 394 g/mol. The van der Waals surface area contributed by atoms with Crippen LogP contribution in [0.4, 0.5) is 5.69 Å². The van der Waals surface area contributed by atoms with Crippen LogP contribution in [0.2, 0.25) is 5.02 Å². The number of aromatic hydroxyl groups is 1. The Morgan fingerprint density at radius 1 is 0.964 bits per heavy atom. The molecule has 5 N–H and O–H groups in total. The predicted octanol–water partition coefficient (Wildman–Crippen LogP) is 5.19. The van der Waals surface area contributed by atoms with Gasteiger partial charge in [0.05, 0.1) is 11.4 Å². The molecule has 3 aromatic carbocycles. The van der Waals surface area contributed by atoms with Crippen molar-refractivity contribution in [2.24, 2.45) is 0 Å². The number of hydrogen-bond donors (Lipinski definition) is 4. The van der Waals surface area contributed by atoms with Gasteiger partial charge in [-0.05, 0) is 29.3 Å². The molecule has 0 aliphatic rings. The molecule has 0 radical (unpaired) electrons. The van der Waals surface area contributed by atoms with E-state index in [2.05, 4.69) is 0 Å². The highest BCUT2D eigenvalue weighted by Gasteiger charge is 2.14. The third-order valence-corrected chi connectivity index (χ3v) is 4.78. The number of nitrogens with two attached hydrogens (primary N) is 1. The Morgan fingerprint density at radius 2 is 1.57 bits per heavy atom. The second kappa shape index (κ2) is 8.15. The number of anilines is 1. The maximum absolute atomic E-state index is 10.8. The minimum Gasteiger partial charge on any atom is -0.507 e. The molecule has 5 nitrogen and oxygen atoms in total. The Hall–Kier alpha value is -3.31. The van der Waals surface area contributed by atoms with Gasteiger partial charge in [-0.1, -0.05) is 54.1 Å². The summed E-state index contributed by atoms with van der Waals surface area (Å²) in [5.41, 5.74) is 10.1. The van der Waals surface area contributed by atoms with Crippen molar-refractivity contribution >= 4 is 29.0 Å². The molecule has 0 unspecified atom stereocenters. The van der Waals surface area contributed by atoms with Gasteiger partial charge in [0.25, 0.3) is 0 Å². The molecule has 0 atom stereocenters. The van der Waals surface area contributed by atoms with E-state index in [-0.39, 0.29) is 24.3 Å². The first-order chi connectivity index (χ1) is 13.4. The Bertz CT molecular complexity index is 1050. The highest BCUT2D eigenvalue weighted by Crippen LogP contribution is 2.35. The molecule has 0 bridgehead atoms. The normalized spacial score (nSPS) is 10.6. The number of carboxylic acid groups (broad SMARTS) is 1. The summed E-state index contributed by atoms with van der Waals surface area (Å²) in [6.45, 7) is 0. The summed E-state index contributed by atoms with van der Waals surface area (Å²) >= 11 is 6.37. The average Bonchev–Trinajstić information content (AvgIpc) is 2.67. The van der Waals surface area contributed by atoms with Crippen molar-refractivity contribution in [3.8, 4) is 28.0 Å². The Balaban J connectivity index is 1.95. The molecule has 0 aromatic heterocycles. The first kappa shape index (κ1) is 19.5. The van der Waals surface area contributed by atoms with Crippen LogP contribution in [0.25, 0.3) is 22.3 Å². The lowest BCUT2D eigenvalue weighted by atomic mass is 9.96. The molecule has 142 valence electrons. The molecule has 3 aromatic rings. The second-order valence-corrected chi connectivity index (χ2v) is 6.79. The van der Waals surface area contributed by atoms with Gasteiger partial charge in [-0.3, -0.25) is 4.79 Å². The fourth-order valence-electron chi connectivity index (χ4n) is 2.98. The molecular formula is C22H19ClN2O3. The number of aliphatic carboxylic acids is 1. The van der Waals surface area contributed by atoms with Crippen molar-refractivity contribution in [3.63, 3.8) is 0 Å². The summed E-state index contributed by atoms with van der Waals surface area (Å²) in [7, 11) is 0. The van der Waals surface area contributed by atoms with Gasteiger partial charge in [-0.25, -0.2) is 0 Å². The molecule has 0 amide bonds. The van der Waals surface area contributed by atoms with Gasteiger partial charge in [0.1, 0.15) is 5.75 Å². The van der Waals surface area contributed by atoms with Crippen molar-refractivity contribution in [1.29, 1.82) is 5.41 Å². The number of carboxylic acids is 1. The maximum atomic E-state index is 10.8. The van der Waals surface area contributed by atoms with E-state index >= 15 is 0 Å². The lowest BCUT2D eigenvalue weighted by molar-refractivity contribution is -0.136. The number of carbonyl (C=O) groups is 1. The van der Waals surface area contributed by atoms with E-state index in [0.717, 1.165) is 16.7 Å². The molecule has 0 heterocycles. The summed E-state index contributed by atoms with van der Waals surface area (Å²) in [6.07, 6.45) is -0.0433. The minimum atomic E-state index is -0.961. The van der Waals surface area contributed by atoms with Gasteiger partial charge < -0.3 is 21.4 Å². The van der Waals surface area contributed by atoms with Crippen molar-refractivity contribution < 1.29 is 15.0 Å². The Labute approximate surface area is 167 Å². The number of phenols is 1. The van der Waals surface area contributed by atoms with Gasteiger partial charge in [0.15, 0.2) is 0 Å². The largest absolute Gasteiger partial charge is 0.507 e. The van der Waals surface area contributed by atoms with Crippen molar-refractivity contribution in [2.75, 3.05) is 5.73 Å². The maximum Gasteiger partial charge on any atom is 0.303 e. The van der Waals surface area contributed by atoms with E-state index in [9.17, 15) is 9.90 Å².